The van der Waals surface area contributed by atoms with E-state index in [0.29, 0.717) is 40.6 Å². The zero-order chi connectivity index (χ0) is 24.0. The highest BCUT2D eigenvalue weighted by Crippen LogP contribution is 2.39. The third kappa shape index (κ3) is 4.11. The van der Waals surface area contributed by atoms with Crippen molar-refractivity contribution in [2.75, 3.05) is 6.61 Å². The number of hydrogen-bond acceptors (Lipinski definition) is 5. The number of aromatic carboxylic acids is 1. The first-order chi connectivity index (χ1) is 16.2. The molecule has 2 aromatic heterocycles. The standard InChI is InChI=1S/C28H31NO5/c1-16-8-9-23(33-15-18-10-12-28(3,32)13-11-18)24-20(27(30)31)14-21(29-25(16)24)26-17(2)19-6-4-5-7-22(19)34-26/h5,7-9,14,18,32H,4,6,10-13,15H2,1-3H3,(H,30,31). The van der Waals surface area contributed by atoms with Gasteiger partial charge in [0, 0.05) is 11.1 Å². The molecule has 0 unspecified atom stereocenters. The number of furan rings is 1. The van der Waals surface area contributed by atoms with Crippen molar-refractivity contribution in [3.05, 3.63) is 52.3 Å². The first-order valence-corrected chi connectivity index (χ1v) is 12.1. The van der Waals surface area contributed by atoms with E-state index in [-0.39, 0.29) is 5.56 Å². The molecule has 0 spiro atoms. The summed E-state index contributed by atoms with van der Waals surface area (Å²) in [6, 6.07) is 5.37. The number of benzene rings is 1. The number of carbonyl (C=O) groups is 1. The van der Waals surface area contributed by atoms with Crippen LogP contribution >= 0.6 is 0 Å². The lowest BCUT2D eigenvalue weighted by molar-refractivity contribution is 0.00159. The second-order valence-corrected chi connectivity index (χ2v) is 10.1. The number of fused-ring (bicyclic) bond motifs is 2. The average Bonchev–Trinajstić information content (AvgIpc) is 3.15. The van der Waals surface area contributed by atoms with Crippen molar-refractivity contribution in [2.45, 2.75) is 64.9 Å². The topological polar surface area (TPSA) is 92.8 Å². The number of ether oxygens (including phenoxy) is 1. The number of pyridine rings is 1. The van der Waals surface area contributed by atoms with E-state index in [2.05, 4.69) is 6.08 Å². The van der Waals surface area contributed by atoms with Crippen LogP contribution in [0.25, 0.3) is 28.4 Å². The van der Waals surface area contributed by atoms with Gasteiger partial charge in [0.1, 0.15) is 17.2 Å². The van der Waals surface area contributed by atoms with Gasteiger partial charge in [-0.2, -0.15) is 0 Å². The van der Waals surface area contributed by atoms with Gasteiger partial charge in [0.05, 0.1) is 28.7 Å². The Bertz CT molecular complexity index is 1290. The van der Waals surface area contributed by atoms with Gasteiger partial charge in [0.15, 0.2) is 5.76 Å². The second kappa shape index (κ2) is 8.58. The summed E-state index contributed by atoms with van der Waals surface area (Å²) in [5.74, 6) is 1.31. The molecule has 6 nitrogen and oxygen atoms in total. The quantitative estimate of drug-likeness (QED) is 0.478. The van der Waals surface area contributed by atoms with Gasteiger partial charge >= 0.3 is 5.97 Å². The monoisotopic (exact) mass is 461 g/mol. The largest absolute Gasteiger partial charge is 0.493 e. The molecule has 0 atom stereocenters. The fraction of sp³-hybridized carbons (Fsp3) is 0.429. The summed E-state index contributed by atoms with van der Waals surface area (Å²) < 4.78 is 12.3. The molecule has 0 aliphatic heterocycles. The molecule has 0 saturated heterocycles. The predicted molar refractivity (Wildman–Crippen MR) is 131 cm³/mol. The summed E-state index contributed by atoms with van der Waals surface area (Å²) in [4.78, 5) is 17.2. The molecular weight excluding hydrogens is 430 g/mol. The Morgan fingerprint density at radius 1 is 1.26 bits per heavy atom. The maximum Gasteiger partial charge on any atom is 0.336 e. The van der Waals surface area contributed by atoms with Crippen molar-refractivity contribution in [3.63, 3.8) is 0 Å². The van der Waals surface area contributed by atoms with E-state index in [9.17, 15) is 15.0 Å². The van der Waals surface area contributed by atoms with Crippen molar-refractivity contribution < 1.29 is 24.2 Å². The summed E-state index contributed by atoms with van der Waals surface area (Å²) in [5.41, 5.74) is 3.77. The van der Waals surface area contributed by atoms with Crippen LogP contribution in [0.2, 0.25) is 0 Å². The van der Waals surface area contributed by atoms with Crippen molar-refractivity contribution in [1.29, 1.82) is 0 Å². The SMILES string of the molecule is Cc1c(-c2cc(C(=O)O)c3c(OCC4CCC(C)(O)CC4)ccc(C)c3n2)oc2c1CCC=C2. The normalized spacial score (nSPS) is 22.1. The summed E-state index contributed by atoms with van der Waals surface area (Å²) in [5, 5.41) is 20.9. The molecule has 5 rings (SSSR count). The maximum atomic E-state index is 12.4. The molecule has 0 bridgehead atoms. The van der Waals surface area contributed by atoms with E-state index in [1.165, 1.54) is 0 Å². The Kier molecular flexibility index (Phi) is 5.72. The smallest absolute Gasteiger partial charge is 0.336 e. The van der Waals surface area contributed by atoms with Crippen molar-refractivity contribution in [3.8, 4) is 17.2 Å². The highest BCUT2D eigenvalue weighted by molar-refractivity contribution is 6.07. The molecule has 2 heterocycles. The zero-order valence-corrected chi connectivity index (χ0v) is 20.0. The van der Waals surface area contributed by atoms with Gasteiger partial charge < -0.3 is 19.4 Å². The lowest BCUT2D eigenvalue weighted by Crippen LogP contribution is -2.32. The molecule has 2 aliphatic rings. The van der Waals surface area contributed by atoms with Gasteiger partial charge in [-0.3, -0.25) is 0 Å². The first kappa shape index (κ1) is 22.7. The Morgan fingerprint density at radius 2 is 2.03 bits per heavy atom. The maximum absolute atomic E-state index is 12.4. The van der Waals surface area contributed by atoms with Crippen LogP contribution in [0, 0.1) is 19.8 Å². The van der Waals surface area contributed by atoms with Gasteiger partial charge in [0.2, 0.25) is 0 Å². The van der Waals surface area contributed by atoms with Crippen LogP contribution in [-0.4, -0.2) is 33.4 Å². The van der Waals surface area contributed by atoms with Gasteiger partial charge in [-0.25, -0.2) is 9.78 Å². The number of carboxylic acid groups (broad SMARTS) is 1. The molecule has 1 aromatic carbocycles. The molecule has 0 amide bonds. The van der Waals surface area contributed by atoms with Crippen LogP contribution < -0.4 is 4.74 Å². The second-order valence-electron chi connectivity index (χ2n) is 10.1. The minimum atomic E-state index is -1.02. The van der Waals surface area contributed by atoms with Crippen molar-refractivity contribution in [2.24, 2.45) is 5.92 Å². The number of allylic oxidation sites excluding steroid dienone is 1. The highest BCUT2D eigenvalue weighted by Gasteiger charge is 2.29. The summed E-state index contributed by atoms with van der Waals surface area (Å²) in [7, 11) is 0. The molecule has 0 radical (unpaired) electrons. The van der Waals surface area contributed by atoms with Crippen LogP contribution in [0.3, 0.4) is 0 Å². The van der Waals surface area contributed by atoms with Crippen LogP contribution in [-0.2, 0) is 6.42 Å². The van der Waals surface area contributed by atoms with Crippen LogP contribution in [0.4, 0.5) is 0 Å². The molecular formula is C28H31NO5. The van der Waals surface area contributed by atoms with Gasteiger partial charge in [-0.1, -0.05) is 12.1 Å². The Balaban J connectivity index is 1.54. The van der Waals surface area contributed by atoms with Gasteiger partial charge in [-0.05, 0) is 89.0 Å². The summed E-state index contributed by atoms with van der Waals surface area (Å²) in [6.07, 6.45) is 9.24. The average molecular weight is 462 g/mol. The highest BCUT2D eigenvalue weighted by atomic mass is 16.5. The molecule has 34 heavy (non-hydrogen) atoms. The minimum absolute atomic E-state index is 0.162. The zero-order valence-electron chi connectivity index (χ0n) is 20.0. The van der Waals surface area contributed by atoms with E-state index >= 15 is 0 Å². The number of carboxylic acids is 1. The third-order valence-electron chi connectivity index (χ3n) is 7.38. The number of rotatable bonds is 5. The van der Waals surface area contributed by atoms with Gasteiger partial charge in [0.25, 0.3) is 0 Å². The number of aromatic nitrogens is 1. The fourth-order valence-corrected chi connectivity index (χ4v) is 5.20. The van der Waals surface area contributed by atoms with E-state index < -0.39 is 11.6 Å². The van der Waals surface area contributed by atoms with Crippen LogP contribution in [0.1, 0.15) is 71.8 Å². The molecule has 2 aliphatic carbocycles. The lowest BCUT2D eigenvalue weighted by Gasteiger charge is -2.32. The molecule has 3 aromatic rings. The number of aliphatic hydroxyl groups is 1. The number of hydrogen-bond donors (Lipinski definition) is 2. The van der Waals surface area contributed by atoms with E-state index in [0.717, 1.165) is 61.0 Å². The number of aryl methyl sites for hydroxylation is 1. The Labute approximate surface area is 199 Å². The summed E-state index contributed by atoms with van der Waals surface area (Å²) in [6.45, 7) is 6.32. The first-order valence-electron chi connectivity index (χ1n) is 12.1. The molecule has 1 saturated carbocycles. The third-order valence-corrected chi connectivity index (χ3v) is 7.38. The van der Waals surface area contributed by atoms with Crippen LogP contribution in [0.15, 0.2) is 28.7 Å². The summed E-state index contributed by atoms with van der Waals surface area (Å²) >= 11 is 0. The van der Waals surface area contributed by atoms with Crippen molar-refractivity contribution in [1.82, 2.24) is 4.98 Å². The Hall–Kier alpha value is -3.12. The number of nitrogens with zero attached hydrogens (tertiary/aromatic N) is 1. The lowest BCUT2D eigenvalue weighted by atomic mass is 9.80. The predicted octanol–water partition coefficient (Wildman–Crippen LogP) is 6.09. The molecule has 178 valence electrons. The van der Waals surface area contributed by atoms with Crippen molar-refractivity contribution >= 4 is 22.9 Å². The minimum Gasteiger partial charge on any atom is -0.493 e. The molecule has 1 fully saturated rings. The molecule has 6 heteroatoms. The van der Waals surface area contributed by atoms with E-state index in [4.69, 9.17) is 14.1 Å². The van der Waals surface area contributed by atoms with E-state index in [1.54, 1.807) is 6.07 Å². The fourth-order valence-electron chi connectivity index (χ4n) is 5.20. The van der Waals surface area contributed by atoms with Crippen LogP contribution in [0.5, 0.6) is 5.75 Å². The molecule has 2 N–H and O–H groups in total. The van der Waals surface area contributed by atoms with E-state index in [1.807, 2.05) is 39.0 Å². The van der Waals surface area contributed by atoms with Gasteiger partial charge in [-0.15, -0.1) is 0 Å². The Morgan fingerprint density at radius 3 is 2.74 bits per heavy atom.